The average Bonchev–Trinajstić information content (AvgIpc) is 2.63. The van der Waals surface area contributed by atoms with E-state index >= 15 is 0 Å². The van der Waals surface area contributed by atoms with Crippen molar-refractivity contribution in [3.05, 3.63) is 46.5 Å². The van der Waals surface area contributed by atoms with Gasteiger partial charge < -0.3 is 5.11 Å². The summed E-state index contributed by atoms with van der Waals surface area (Å²) >= 11 is 7.56. The van der Waals surface area contributed by atoms with Gasteiger partial charge in [-0.05, 0) is 25.1 Å². The molecule has 2 rings (SSSR count). The van der Waals surface area contributed by atoms with Crippen LogP contribution in [-0.4, -0.2) is 26.7 Å². The summed E-state index contributed by atoms with van der Waals surface area (Å²) in [5.74, 6) is 0.207. The topological polar surface area (TPSA) is 38.0 Å². The van der Waals surface area contributed by atoms with E-state index in [-0.39, 0.29) is 5.82 Å². The summed E-state index contributed by atoms with van der Waals surface area (Å²) in [5.41, 5.74) is 1.57. The lowest BCUT2D eigenvalue weighted by atomic mass is 10.2. The molecule has 0 radical (unpaired) electrons. The van der Waals surface area contributed by atoms with E-state index in [0.717, 1.165) is 16.3 Å². The Morgan fingerprint density at radius 2 is 2.25 bits per heavy atom. The number of aliphatic hydroxyl groups excluding tert-OH is 1. The van der Waals surface area contributed by atoms with Crippen molar-refractivity contribution in [2.45, 2.75) is 24.3 Å². The molecule has 1 atom stereocenters. The summed E-state index contributed by atoms with van der Waals surface area (Å²) in [6.45, 7) is 1.83. The maximum Gasteiger partial charge on any atom is 0.124 e. The fourth-order valence-corrected chi connectivity index (χ4v) is 3.04. The van der Waals surface area contributed by atoms with Gasteiger partial charge in [0.05, 0.1) is 22.5 Å². The van der Waals surface area contributed by atoms with Gasteiger partial charge in [-0.2, -0.15) is 5.10 Å². The molecule has 0 saturated carbocycles. The van der Waals surface area contributed by atoms with Crippen molar-refractivity contribution in [1.29, 1.82) is 0 Å². The Morgan fingerprint density at radius 3 is 2.85 bits per heavy atom. The molecule has 0 aliphatic carbocycles. The van der Waals surface area contributed by atoms with Gasteiger partial charge in [-0.15, -0.1) is 11.8 Å². The summed E-state index contributed by atoms with van der Waals surface area (Å²) in [7, 11) is 1.81. The molecule has 2 aromatic rings. The van der Waals surface area contributed by atoms with Crippen molar-refractivity contribution in [1.82, 2.24) is 9.78 Å². The van der Waals surface area contributed by atoms with E-state index in [0.29, 0.717) is 17.2 Å². The molecule has 108 valence electrons. The predicted molar refractivity (Wildman–Crippen MR) is 79.8 cm³/mol. The molecule has 1 N–H and O–H groups in total. The Balaban J connectivity index is 1.94. The number of rotatable bonds is 5. The number of thioether (sulfide) groups is 1. The standard InChI is InChI=1S/C14H16ClFN2OS/c1-9-14(15)13(18(2)17-9)7-11(19)8-20-12-5-3-4-10(16)6-12/h3-6,11,19H,7-8H2,1-2H3. The fraction of sp³-hybridized carbons (Fsp3) is 0.357. The van der Waals surface area contributed by atoms with E-state index in [1.54, 1.807) is 17.8 Å². The molecule has 0 amide bonds. The predicted octanol–water partition coefficient (Wildman–Crippen LogP) is 3.22. The van der Waals surface area contributed by atoms with Crippen molar-refractivity contribution in [2.24, 2.45) is 7.05 Å². The number of hydrogen-bond acceptors (Lipinski definition) is 3. The zero-order valence-corrected chi connectivity index (χ0v) is 12.9. The molecule has 1 aromatic carbocycles. The van der Waals surface area contributed by atoms with Gasteiger partial charge in [-0.3, -0.25) is 4.68 Å². The Hall–Kier alpha value is -1.04. The van der Waals surface area contributed by atoms with Crippen molar-refractivity contribution in [2.75, 3.05) is 5.75 Å². The van der Waals surface area contributed by atoms with E-state index in [4.69, 9.17) is 11.6 Å². The Morgan fingerprint density at radius 1 is 1.50 bits per heavy atom. The minimum atomic E-state index is -0.560. The molecule has 0 aliphatic heterocycles. The quantitative estimate of drug-likeness (QED) is 0.861. The van der Waals surface area contributed by atoms with Gasteiger partial charge >= 0.3 is 0 Å². The average molecular weight is 315 g/mol. The number of aliphatic hydroxyl groups is 1. The first-order valence-electron chi connectivity index (χ1n) is 6.21. The molecule has 0 fully saturated rings. The smallest absolute Gasteiger partial charge is 0.124 e. The summed E-state index contributed by atoms with van der Waals surface area (Å²) in [6.07, 6.45) is -0.131. The lowest BCUT2D eigenvalue weighted by molar-refractivity contribution is 0.197. The summed E-state index contributed by atoms with van der Waals surface area (Å²) in [6, 6.07) is 6.34. The van der Waals surface area contributed by atoms with Gasteiger partial charge in [0, 0.05) is 24.1 Å². The maximum atomic E-state index is 13.0. The molecule has 0 bridgehead atoms. The van der Waals surface area contributed by atoms with Gasteiger partial charge in [-0.25, -0.2) is 4.39 Å². The SMILES string of the molecule is Cc1nn(C)c(CC(O)CSc2cccc(F)c2)c1Cl. The second-order valence-electron chi connectivity index (χ2n) is 4.60. The van der Waals surface area contributed by atoms with Crippen LogP contribution in [0.1, 0.15) is 11.4 Å². The summed E-state index contributed by atoms with van der Waals surface area (Å²) in [5, 5.41) is 14.9. The highest BCUT2D eigenvalue weighted by atomic mass is 35.5. The summed E-state index contributed by atoms with van der Waals surface area (Å²) < 4.78 is 14.7. The van der Waals surface area contributed by atoms with Crippen LogP contribution in [-0.2, 0) is 13.5 Å². The van der Waals surface area contributed by atoms with Crippen LogP contribution in [0.4, 0.5) is 4.39 Å². The van der Waals surface area contributed by atoms with E-state index in [1.807, 2.05) is 13.0 Å². The fourth-order valence-electron chi connectivity index (χ4n) is 1.93. The largest absolute Gasteiger partial charge is 0.392 e. The van der Waals surface area contributed by atoms with Crippen molar-refractivity contribution in [3.8, 4) is 0 Å². The first-order valence-corrected chi connectivity index (χ1v) is 7.58. The van der Waals surface area contributed by atoms with Crippen LogP contribution in [0, 0.1) is 12.7 Å². The minimum Gasteiger partial charge on any atom is -0.392 e. The molecule has 20 heavy (non-hydrogen) atoms. The number of aromatic nitrogens is 2. The molecular weight excluding hydrogens is 299 g/mol. The van der Waals surface area contributed by atoms with Crippen molar-refractivity contribution in [3.63, 3.8) is 0 Å². The van der Waals surface area contributed by atoms with Crippen LogP contribution in [0.2, 0.25) is 5.02 Å². The van der Waals surface area contributed by atoms with Gasteiger partial charge in [-0.1, -0.05) is 17.7 Å². The maximum absolute atomic E-state index is 13.0. The number of benzene rings is 1. The first-order chi connectivity index (χ1) is 9.47. The van der Waals surface area contributed by atoms with Crippen LogP contribution < -0.4 is 0 Å². The number of hydrogen-bond donors (Lipinski definition) is 1. The molecule has 6 heteroatoms. The lowest BCUT2D eigenvalue weighted by Crippen LogP contribution is -2.16. The van der Waals surface area contributed by atoms with Gasteiger partial charge in [0.25, 0.3) is 0 Å². The van der Waals surface area contributed by atoms with Gasteiger partial charge in [0.15, 0.2) is 0 Å². The van der Waals surface area contributed by atoms with Crippen molar-refractivity contribution < 1.29 is 9.50 Å². The zero-order valence-electron chi connectivity index (χ0n) is 11.3. The molecule has 0 aliphatic rings. The number of nitrogens with zero attached hydrogens (tertiary/aromatic N) is 2. The van der Waals surface area contributed by atoms with E-state index in [1.165, 1.54) is 23.9 Å². The van der Waals surface area contributed by atoms with Crippen LogP contribution in [0.5, 0.6) is 0 Å². The van der Waals surface area contributed by atoms with Crippen LogP contribution in [0.15, 0.2) is 29.2 Å². The van der Waals surface area contributed by atoms with E-state index < -0.39 is 6.10 Å². The van der Waals surface area contributed by atoms with Crippen LogP contribution in [0.3, 0.4) is 0 Å². The lowest BCUT2D eigenvalue weighted by Gasteiger charge is -2.11. The molecule has 0 spiro atoms. The Labute approximate surface area is 126 Å². The molecule has 1 heterocycles. The molecule has 3 nitrogen and oxygen atoms in total. The van der Waals surface area contributed by atoms with Gasteiger partial charge in [0.2, 0.25) is 0 Å². The van der Waals surface area contributed by atoms with E-state index in [2.05, 4.69) is 5.10 Å². The highest BCUT2D eigenvalue weighted by Crippen LogP contribution is 2.24. The highest BCUT2D eigenvalue weighted by Gasteiger charge is 2.15. The number of halogens is 2. The van der Waals surface area contributed by atoms with Crippen LogP contribution in [0.25, 0.3) is 0 Å². The summed E-state index contributed by atoms with van der Waals surface area (Å²) in [4.78, 5) is 0.802. The third-order valence-electron chi connectivity index (χ3n) is 2.93. The zero-order chi connectivity index (χ0) is 14.7. The van der Waals surface area contributed by atoms with Crippen LogP contribution >= 0.6 is 23.4 Å². The monoisotopic (exact) mass is 314 g/mol. The molecule has 1 aromatic heterocycles. The third-order valence-corrected chi connectivity index (χ3v) is 4.56. The molecule has 0 saturated heterocycles. The molecular formula is C14H16ClFN2OS. The third kappa shape index (κ3) is 3.75. The highest BCUT2D eigenvalue weighted by molar-refractivity contribution is 7.99. The van der Waals surface area contributed by atoms with Crippen molar-refractivity contribution >= 4 is 23.4 Å². The second-order valence-corrected chi connectivity index (χ2v) is 6.07. The Bertz CT molecular complexity index is 603. The normalized spacial score (nSPS) is 12.7. The number of aryl methyl sites for hydroxylation is 2. The molecule has 1 unspecified atom stereocenters. The second kappa shape index (κ2) is 6.61. The Kier molecular flexibility index (Phi) is 5.07. The van der Waals surface area contributed by atoms with Gasteiger partial charge in [0.1, 0.15) is 5.82 Å². The minimum absolute atomic E-state index is 0.269. The van der Waals surface area contributed by atoms with E-state index in [9.17, 15) is 9.50 Å². The first kappa shape index (κ1) is 15.4.